The Balaban J connectivity index is 1.69. The first-order chi connectivity index (χ1) is 13.5. The number of hydrogen-bond acceptors (Lipinski definition) is 6. The monoisotopic (exact) mass is 382 g/mol. The lowest BCUT2D eigenvalue weighted by molar-refractivity contribution is -0.122. The van der Waals surface area contributed by atoms with E-state index in [2.05, 4.69) is 20.5 Å². The van der Waals surface area contributed by atoms with Crippen LogP contribution in [-0.2, 0) is 4.79 Å². The zero-order valence-electron chi connectivity index (χ0n) is 16.1. The Labute approximate surface area is 162 Å². The highest BCUT2D eigenvalue weighted by Crippen LogP contribution is 2.31. The summed E-state index contributed by atoms with van der Waals surface area (Å²) in [6, 6.07) is 12.8. The Morgan fingerprint density at radius 3 is 2.64 bits per heavy atom. The van der Waals surface area contributed by atoms with Gasteiger partial charge < -0.3 is 14.2 Å². The summed E-state index contributed by atoms with van der Waals surface area (Å²) in [7, 11) is 3.14. The van der Waals surface area contributed by atoms with Crippen molar-refractivity contribution in [3.05, 3.63) is 48.0 Å². The Morgan fingerprint density at radius 2 is 1.93 bits per heavy atom. The van der Waals surface area contributed by atoms with Crippen LogP contribution < -0.4 is 19.5 Å². The van der Waals surface area contributed by atoms with Gasteiger partial charge in [0.05, 0.1) is 19.8 Å². The summed E-state index contributed by atoms with van der Waals surface area (Å²) in [5, 5.41) is 9.49. The van der Waals surface area contributed by atoms with Crippen LogP contribution in [0, 0.1) is 6.92 Å². The van der Waals surface area contributed by atoms with Crippen LogP contribution in [0.4, 0.5) is 5.95 Å². The van der Waals surface area contributed by atoms with Gasteiger partial charge in [0.25, 0.3) is 5.91 Å². The number of ether oxygens (including phenoxy) is 3. The zero-order valence-corrected chi connectivity index (χ0v) is 16.1. The van der Waals surface area contributed by atoms with Crippen LogP contribution in [0.2, 0.25) is 0 Å². The molecule has 1 amide bonds. The predicted octanol–water partition coefficient (Wildman–Crippen LogP) is 3.20. The number of hydrogen-bond donors (Lipinski definition) is 2. The standard InChI is InChI=1S/C20H22N4O4/c1-12-6-5-7-15(10-12)28-13(2)19(25)22-20-21-18(23-24-20)16-9-8-14(26-3)11-17(16)27-4/h5-11,13H,1-4H3,(H2,21,22,23,24,25). The molecule has 146 valence electrons. The van der Waals surface area contributed by atoms with Gasteiger partial charge in [-0.25, -0.2) is 0 Å². The van der Waals surface area contributed by atoms with Crippen molar-refractivity contribution < 1.29 is 19.0 Å². The number of anilines is 1. The molecule has 8 nitrogen and oxygen atoms in total. The average molecular weight is 382 g/mol. The van der Waals surface area contributed by atoms with E-state index in [-0.39, 0.29) is 11.9 Å². The van der Waals surface area contributed by atoms with E-state index in [1.54, 1.807) is 45.4 Å². The minimum atomic E-state index is -0.709. The van der Waals surface area contributed by atoms with Crippen molar-refractivity contribution in [1.82, 2.24) is 15.2 Å². The highest BCUT2D eigenvalue weighted by molar-refractivity contribution is 5.92. The maximum Gasteiger partial charge on any atom is 0.267 e. The number of rotatable bonds is 7. The van der Waals surface area contributed by atoms with Crippen molar-refractivity contribution in [2.45, 2.75) is 20.0 Å². The van der Waals surface area contributed by atoms with E-state index in [4.69, 9.17) is 14.2 Å². The number of benzene rings is 2. The molecule has 0 spiro atoms. The Bertz CT molecular complexity index is 970. The fraction of sp³-hybridized carbons (Fsp3) is 0.250. The number of nitrogens with zero attached hydrogens (tertiary/aromatic N) is 2. The molecule has 0 aliphatic heterocycles. The number of aryl methyl sites for hydroxylation is 1. The Hall–Kier alpha value is -3.55. The van der Waals surface area contributed by atoms with E-state index in [1.165, 1.54) is 0 Å². The van der Waals surface area contributed by atoms with Gasteiger partial charge in [0.2, 0.25) is 5.95 Å². The second-order valence-electron chi connectivity index (χ2n) is 6.14. The summed E-state index contributed by atoms with van der Waals surface area (Å²) in [4.78, 5) is 16.7. The number of methoxy groups -OCH3 is 2. The molecule has 1 aromatic heterocycles. The maximum atomic E-state index is 12.4. The van der Waals surface area contributed by atoms with Crippen molar-refractivity contribution in [2.24, 2.45) is 0 Å². The molecular weight excluding hydrogens is 360 g/mol. The minimum absolute atomic E-state index is 0.151. The number of aromatic nitrogens is 3. The molecule has 0 saturated carbocycles. The van der Waals surface area contributed by atoms with Gasteiger partial charge in [-0.15, -0.1) is 5.10 Å². The van der Waals surface area contributed by atoms with Gasteiger partial charge in [0, 0.05) is 6.07 Å². The third-order valence-corrected chi connectivity index (χ3v) is 4.06. The second-order valence-corrected chi connectivity index (χ2v) is 6.14. The lowest BCUT2D eigenvalue weighted by Crippen LogP contribution is -2.30. The molecule has 1 unspecified atom stereocenters. The third-order valence-electron chi connectivity index (χ3n) is 4.06. The summed E-state index contributed by atoms with van der Waals surface area (Å²) in [5.74, 6) is 2.12. The molecule has 2 N–H and O–H groups in total. The summed E-state index contributed by atoms with van der Waals surface area (Å²) < 4.78 is 16.2. The fourth-order valence-corrected chi connectivity index (χ4v) is 2.59. The van der Waals surface area contributed by atoms with Crippen LogP contribution in [0.15, 0.2) is 42.5 Å². The molecule has 1 heterocycles. The largest absolute Gasteiger partial charge is 0.497 e. The quantitative estimate of drug-likeness (QED) is 0.651. The van der Waals surface area contributed by atoms with Crippen molar-refractivity contribution in [1.29, 1.82) is 0 Å². The van der Waals surface area contributed by atoms with Crippen LogP contribution >= 0.6 is 0 Å². The lowest BCUT2D eigenvalue weighted by Gasteiger charge is -2.13. The molecule has 1 atom stereocenters. The number of nitrogens with one attached hydrogen (secondary N) is 2. The van der Waals surface area contributed by atoms with Gasteiger partial charge >= 0.3 is 0 Å². The number of amides is 1. The topological polar surface area (TPSA) is 98.4 Å². The van der Waals surface area contributed by atoms with E-state index in [1.807, 2.05) is 25.1 Å². The van der Waals surface area contributed by atoms with Crippen molar-refractivity contribution in [2.75, 3.05) is 19.5 Å². The normalized spacial score (nSPS) is 11.6. The molecule has 0 bridgehead atoms. The molecule has 0 fully saturated rings. The molecule has 3 aromatic rings. The highest BCUT2D eigenvalue weighted by Gasteiger charge is 2.18. The van der Waals surface area contributed by atoms with Crippen molar-refractivity contribution in [3.63, 3.8) is 0 Å². The summed E-state index contributed by atoms with van der Waals surface area (Å²) >= 11 is 0. The predicted molar refractivity (Wildman–Crippen MR) is 105 cm³/mol. The first kappa shape index (κ1) is 19.2. The SMILES string of the molecule is COc1ccc(-c2nc(NC(=O)C(C)Oc3cccc(C)c3)n[nH]2)c(OC)c1. The average Bonchev–Trinajstić information content (AvgIpc) is 3.15. The molecule has 0 aliphatic carbocycles. The van der Waals surface area contributed by atoms with Gasteiger partial charge in [-0.2, -0.15) is 4.98 Å². The molecule has 8 heteroatoms. The minimum Gasteiger partial charge on any atom is -0.497 e. The van der Waals surface area contributed by atoms with E-state index in [0.29, 0.717) is 28.6 Å². The molecule has 0 aliphatic rings. The third kappa shape index (κ3) is 4.40. The van der Waals surface area contributed by atoms with Gasteiger partial charge in [-0.1, -0.05) is 12.1 Å². The van der Waals surface area contributed by atoms with Crippen LogP contribution in [0.5, 0.6) is 17.2 Å². The fourth-order valence-electron chi connectivity index (χ4n) is 2.59. The van der Waals surface area contributed by atoms with Crippen LogP contribution in [-0.4, -0.2) is 41.4 Å². The van der Waals surface area contributed by atoms with Gasteiger partial charge in [-0.3, -0.25) is 15.2 Å². The molecule has 2 aromatic carbocycles. The van der Waals surface area contributed by atoms with Gasteiger partial charge in [0.15, 0.2) is 11.9 Å². The molecule has 3 rings (SSSR count). The van der Waals surface area contributed by atoms with E-state index in [9.17, 15) is 4.79 Å². The van der Waals surface area contributed by atoms with E-state index < -0.39 is 6.10 Å². The van der Waals surface area contributed by atoms with E-state index in [0.717, 1.165) is 5.56 Å². The first-order valence-corrected chi connectivity index (χ1v) is 8.69. The Kier molecular flexibility index (Phi) is 5.78. The van der Waals surface area contributed by atoms with Crippen LogP contribution in [0.25, 0.3) is 11.4 Å². The highest BCUT2D eigenvalue weighted by atomic mass is 16.5. The number of H-pyrrole nitrogens is 1. The smallest absolute Gasteiger partial charge is 0.267 e. The molecule has 0 radical (unpaired) electrons. The molecular formula is C20H22N4O4. The van der Waals surface area contributed by atoms with Crippen LogP contribution in [0.3, 0.4) is 0 Å². The van der Waals surface area contributed by atoms with Gasteiger partial charge in [-0.05, 0) is 43.7 Å². The van der Waals surface area contributed by atoms with E-state index >= 15 is 0 Å². The molecule has 28 heavy (non-hydrogen) atoms. The first-order valence-electron chi connectivity index (χ1n) is 8.69. The lowest BCUT2D eigenvalue weighted by atomic mass is 10.2. The summed E-state index contributed by atoms with van der Waals surface area (Å²) in [6.45, 7) is 3.62. The maximum absolute atomic E-state index is 12.4. The summed E-state index contributed by atoms with van der Waals surface area (Å²) in [5.41, 5.74) is 1.75. The van der Waals surface area contributed by atoms with Crippen molar-refractivity contribution in [3.8, 4) is 28.6 Å². The molecule has 0 saturated heterocycles. The summed E-state index contributed by atoms with van der Waals surface area (Å²) in [6.07, 6.45) is -0.709. The number of aromatic amines is 1. The number of carbonyl (C=O) groups excluding carboxylic acids is 1. The van der Waals surface area contributed by atoms with Crippen molar-refractivity contribution >= 4 is 11.9 Å². The second kappa shape index (κ2) is 8.43. The zero-order chi connectivity index (χ0) is 20.1. The number of carbonyl (C=O) groups is 1. The Morgan fingerprint density at radius 1 is 1.11 bits per heavy atom. The van der Waals surface area contributed by atoms with Crippen LogP contribution in [0.1, 0.15) is 12.5 Å². The van der Waals surface area contributed by atoms with Gasteiger partial charge in [0.1, 0.15) is 17.2 Å².